The van der Waals surface area contributed by atoms with Crippen LogP contribution >= 0.6 is 0 Å². The highest BCUT2D eigenvalue weighted by Gasteiger charge is 2.32. The third-order valence-corrected chi connectivity index (χ3v) is 3.36. The normalized spacial score (nSPS) is 17.8. The van der Waals surface area contributed by atoms with Gasteiger partial charge in [0.2, 0.25) is 0 Å². The van der Waals surface area contributed by atoms with E-state index in [0.29, 0.717) is 11.1 Å². The number of benzene rings is 2. The number of hydrogen-bond donors (Lipinski definition) is 1. The molecule has 0 saturated heterocycles. The molecule has 0 saturated carbocycles. The molecule has 3 rings (SSSR count). The Bertz CT molecular complexity index is 662. The Hall–Kier alpha value is -2.30. The molecule has 1 N–H and O–H groups in total. The van der Waals surface area contributed by atoms with Crippen LogP contribution in [-0.2, 0) is 6.18 Å². The van der Waals surface area contributed by atoms with Crippen molar-refractivity contribution in [3.05, 3.63) is 70.8 Å². The minimum Gasteiger partial charge on any atom is -0.341 e. The van der Waals surface area contributed by atoms with Gasteiger partial charge in [0.25, 0.3) is 5.91 Å². The minimum atomic E-state index is -4.35. The average molecular weight is 277 g/mol. The maximum atomic E-state index is 12.5. The van der Waals surface area contributed by atoms with Crippen molar-refractivity contribution in [2.45, 2.75) is 12.2 Å². The van der Waals surface area contributed by atoms with Crippen LogP contribution in [0.3, 0.4) is 0 Å². The quantitative estimate of drug-likeness (QED) is 0.848. The first kappa shape index (κ1) is 12.7. The van der Waals surface area contributed by atoms with Crippen molar-refractivity contribution < 1.29 is 18.0 Å². The van der Waals surface area contributed by atoms with Crippen LogP contribution in [0.15, 0.2) is 48.5 Å². The number of hydrogen-bond acceptors (Lipinski definition) is 1. The second-order valence-electron chi connectivity index (χ2n) is 4.61. The van der Waals surface area contributed by atoms with Crippen molar-refractivity contribution in [2.24, 2.45) is 0 Å². The summed E-state index contributed by atoms with van der Waals surface area (Å²) < 4.78 is 37.6. The highest BCUT2D eigenvalue weighted by molar-refractivity contribution is 5.99. The van der Waals surface area contributed by atoms with Crippen LogP contribution in [0.5, 0.6) is 0 Å². The molecule has 2 aromatic carbocycles. The molecule has 1 amide bonds. The maximum absolute atomic E-state index is 12.5. The number of rotatable bonds is 1. The molecule has 1 aliphatic heterocycles. The maximum Gasteiger partial charge on any atom is 0.416 e. The molecule has 2 nitrogen and oxygen atoms in total. The predicted molar refractivity (Wildman–Crippen MR) is 67.2 cm³/mol. The van der Waals surface area contributed by atoms with E-state index in [2.05, 4.69) is 5.32 Å². The van der Waals surface area contributed by atoms with E-state index in [1.54, 1.807) is 24.3 Å². The van der Waals surface area contributed by atoms with Crippen LogP contribution in [0.4, 0.5) is 13.2 Å². The molecule has 2 aromatic rings. The number of alkyl halides is 3. The fraction of sp³-hybridized carbons (Fsp3) is 0.133. The van der Waals surface area contributed by atoms with E-state index in [1.165, 1.54) is 12.1 Å². The largest absolute Gasteiger partial charge is 0.416 e. The van der Waals surface area contributed by atoms with Crippen LogP contribution in [0.1, 0.15) is 33.1 Å². The van der Waals surface area contributed by atoms with Gasteiger partial charge in [0.05, 0.1) is 11.6 Å². The molecule has 1 atom stereocenters. The number of nitrogens with one attached hydrogen (secondary N) is 1. The summed E-state index contributed by atoms with van der Waals surface area (Å²) in [5.41, 5.74) is 1.30. The van der Waals surface area contributed by atoms with Gasteiger partial charge in [-0.15, -0.1) is 0 Å². The van der Waals surface area contributed by atoms with E-state index in [-0.39, 0.29) is 11.9 Å². The summed E-state index contributed by atoms with van der Waals surface area (Å²) >= 11 is 0. The van der Waals surface area contributed by atoms with Gasteiger partial charge >= 0.3 is 6.18 Å². The first-order valence-corrected chi connectivity index (χ1v) is 6.04. The zero-order chi connectivity index (χ0) is 14.3. The Labute approximate surface area is 113 Å². The Morgan fingerprint density at radius 3 is 2.25 bits per heavy atom. The van der Waals surface area contributed by atoms with Gasteiger partial charge < -0.3 is 5.32 Å². The molecule has 0 radical (unpaired) electrons. The lowest BCUT2D eigenvalue weighted by molar-refractivity contribution is -0.137. The zero-order valence-electron chi connectivity index (χ0n) is 10.2. The van der Waals surface area contributed by atoms with Crippen molar-refractivity contribution in [3.63, 3.8) is 0 Å². The second-order valence-corrected chi connectivity index (χ2v) is 4.61. The van der Waals surface area contributed by atoms with Gasteiger partial charge in [0.1, 0.15) is 0 Å². The van der Waals surface area contributed by atoms with E-state index >= 15 is 0 Å². The van der Waals surface area contributed by atoms with Crippen LogP contribution in [0.25, 0.3) is 0 Å². The fourth-order valence-electron chi connectivity index (χ4n) is 2.37. The molecular weight excluding hydrogens is 267 g/mol. The molecule has 0 aliphatic carbocycles. The molecule has 0 aromatic heterocycles. The van der Waals surface area contributed by atoms with E-state index in [1.807, 2.05) is 0 Å². The second kappa shape index (κ2) is 4.37. The lowest BCUT2D eigenvalue weighted by Crippen LogP contribution is -2.20. The fourth-order valence-corrected chi connectivity index (χ4v) is 2.37. The highest BCUT2D eigenvalue weighted by atomic mass is 19.4. The molecule has 102 valence electrons. The van der Waals surface area contributed by atoms with E-state index < -0.39 is 11.7 Å². The highest BCUT2D eigenvalue weighted by Crippen LogP contribution is 2.33. The molecule has 0 bridgehead atoms. The first-order chi connectivity index (χ1) is 9.47. The van der Waals surface area contributed by atoms with E-state index in [0.717, 1.165) is 17.7 Å². The lowest BCUT2D eigenvalue weighted by Gasteiger charge is -2.13. The van der Waals surface area contributed by atoms with E-state index in [4.69, 9.17) is 0 Å². The van der Waals surface area contributed by atoms with Gasteiger partial charge in [-0.05, 0) is 29.3 Å². The SMILES string of the molecule is O=C1NC(c2ccc(C(F)(F)F)cc2)c2ccccc21. The summed E-state index contributed by atoms with van der Waals surface area (Å²) in [5, 5.41) is 2.77. The predicted octanol–water partition coefficient (Wildman–Crippen LogP) is 3.54. The van der Waals surface area contributed by atoms with Crippen molar-refractivity contribution in [3.8, 4) is 0 Å². The Morgan fingerprint density at radius 1 is 0.950 bits per heavy atom. The van der Waals surface area contributed by atoms with Crippen molar-refractivity contribution in [2.75, 3.05) is 0 Å². The van der Waals surface area contributed by atoms with Crippen molar-refractivity contribution >= 4 is 5.91 Å². The minimum absolute atomic E-state index is 0.203. The number of carbonyl (C=O) groups is 1. The molecule has 1 heterocycles. The average Bonchev–Trinajstić information content (AvgIpc) is 2.76. The van der Waals surface area contributed by atoms with Gasteiger partial charge in [0.15, 0.2) is 0 Å². The Kier molecular flexibility index (Phi) is 2.78. The monoisotopic (exact) mass is 277 g/mol. The van der Waals surface area contributed by atoms with Gasteiger partial charge in [-0.3, -0.25) is 4.79 Å². The smallest absolute Gasteiger partial charge is 0.341 e. The van der Waals surface area contributed by atoms with Crippen molar-refractivity contribution in [1.29, 1.82) is 0 Å². The number of fused-ring (bicyclic) bond motifs is 1. The van der Waals surface area contributed by atoms with Crippen LogP contribution in [0.2, 0.25) is 0 Å². The molecule has 1 unspecified atom stereocenters. The summed E-state index contributed by atoms with van der Waals surface area (Å²) in [7, 11) is 0. The molecule has 0 fully saturated rings. The summed E-state index contributed by atoms with van der Waals surface area (Å²) in [6.45, 7) is 0. The summed E-state index contributed by atoms with van der Waals surface area (Å²) in [6.07, 6.45) is -4.35. The number of carbonyl (C=O) groups excluding carboxylic acids is 1. The standard InChI is InChI=1S/C15H10F3NO/c16-15(17,18)10-7-5-9(6-8-10)13-11-3-1-2-4-12(11)14(20)19-13/h1-8,13H,(H,19,20). The third kappa shape index (κ3) is 2.05. The number of halogens is 3. The van der Waals surface area contributed by atoms with Gasteiger partial charge in [0, 0.05) is 5.56 Å². The van der Waals surface area contributed by atoms with Crippen LogP contribution in [0, 0.1) is 0 Å². The van der Waals surface area contributed by atoms with Gasteiger partial charge in [-0.1, -0.05) is 30.3 Å². The zero-order valence-corrected chi connectivity index (χ0v) is 10.2. The summed E-state index contributed by atoms with van der Waals surface area (Å²) in [4.78, 5) is 11.8. The van der Waals surface area contributed by atoms with Crippen molar-refractivity contribution in [1.82, 2.24) is 5.32 Å². The molecule has 20 heavy (non-hydrogen) atoms. The van der Waals surface area contributed by atoms with Crippen LogP contribution in [-0.4, -0.2) is 5.91 Å². The molecular formula is C15H10F3NO. The Balaban J connectivity index is 1.97. The summed E-state index contributed by atoms with van der Waals surface area (Å²) in [6, 6.07) is 11.5. The van der Waals surface area contributed by atoms with Gasteiger partial charge in [-0.2, -0.15) is 13.2 Å². The third-order valence-electron chi connectivity index (χ3n) is 3.36. The summed E-state index contributed by atoms with van der Waals surface area (Å²) in [5.74, 6) is -0.203. The van der Waals surface area contributed by atoms with Crippen LogP contribution < -0.4 is 5.32 Å². The molecule has 5 heteroatoms. The number of amides is 1. The van der Waals surface area contributed by atoms with Gasteiger partial charge in [-0.25, -0.2) is 0 Å². The van der Waals surface area contributed by atoms with E-state index in [9.17, 15) is 18.0 Å². The lowest BCUT2D eigenvalue weighted by atomic mass is 9.97. The Morgan fingerprint density at radius 2 is 1.60 bits per heavy atom. The molecule has 1 aliphatic rings. The first-order valence-electron chi connectivity index (χ1n) is 6.04. The topological polar surface area (TPSA) is 29.1 Å². The molecule has 0 spiro atoms.